The first-order chi connectivity index (χ1) is 9.33. The second-order valence-electron chi connectivity index (χ2n) is 4.38. The van der Waals surface area contributed by atoms with E-state index in [0.717, 1.165) is 13.1 Å². The van der Waals surface area contributed by atoms with Crippen molar-refractivity contribution in [2.75, 3.05) is 46.7 Å². The molecular weight excluding hydrogens is 242 g/mol. The van der Waals surface area contributed by atoms with E-state index < -0.39 is 0 Å². The second kappa shape index (κ2) is 10.9. The van der Waals surface area contributed by atoms with Crippen molar-refractivity contribution in [3.05, 3.63) is 35.4 Å². The van der Waals surface area contributed by atoms with E-state index >= 15 is 0 Å². The number of ether oxygens (including phenoxy) is 3. The molecule has 1 rings (SSSR count). The molecule has 0 spiro atoms. The number of rotatable bonds is 11. The largest absolute Gasteiger partial charge is 0.382 e. The van der Waals surface area contributed by atoms with Gasteiger partial charge in [0.25, 0.3) is 0 Å². The Balaban J connectivity index is 1.87. The average Bonchev–Trinajstić information content (AvgIpc) is 2.43. The molecule has 19 heavy (non-hydrogen) atoms. The van der Waals surface area contributed by atoms with Gasteiger partial charge in [-0.1, -0.05) is 29.8 Å². The molecule has 0 aromatic heterocycles. The minimum absolute atomic E-state index is 0.626. The smallest absolute Gasteiger partial charge is 0.0701 e. The summed E-state index contributed by atoms with van der Waals surface area (Å²) in [5.74, 6) is 0. The third kappa shape index (κ3) is 8.72. The van der Waals surface area contributed by atoms with Crippen molar-refractivity contribution in [3.63, 3.8) is 0 Å². The molecule has 0 atom stereocenters. The molecule has 0 saturated heterocycles. The maximum Gasteiger partial charge on any atom is 0.0701 e. The lowest BCUT2D eigenvalue weighted by Gasteiger charge is -2.07. The highest BCUT2D eigenvalue weighted by molar-refractivity contribution is 5.20. The van der Waals surface area contributed by atoms with Gasteiger partial charge in [0.05, 0.1) is 33.0 Å². The van der Waals surface area contributed by atoms with Crippen LogP contribution in [0.4, 0.5) is 0 Å². The quantitative estimate of drug-likeness (QED) is 0.620. The Morgan fingerprint density at radius 1 is 0.895 bits per heavy atom. The first-order valence-corrected chi connectivity index (χ1v) is 6.73. The Hall–Kier alpha value is -0.940. The first kappa shape index (κ1) is 16.1. The number of aryl methyl sites for hydroxylation is 1. The fraction of sp³-hybridized carbons (Fsp3) is 0.600. The molecule has 0 amide bonds. The van der Waals surface area contributed by atoms with Gasteiger partial charge in [0.1, 0.15) is 0 Å². The summed E-state index contributed by atoms with van der Waals surface area (Å²) in [5.41, 5.74) is 2.59. The van der Waals surface area contributed by atoms with Crippen LogP contribution >= 0.6 is 0 Å². The predicted molar refractivity (Wildman–Crippen MR) is 76.4 cm³/mol. The Morgan fingerprint density at radius 3 is 2.21 bits per heavy atom. The molecule has 1 aromatic carbocycles. The Morgan fingerprint density at radius 2 is 1.53 bits per heavy atom. The highest BCUT2D eigenvalue weighted by atomic mass is 16.5. The fourth-order valence-electron chi connectivity index (χ4n) is 1.55. The molecule has 0 heterocycles. The lowest BCUT2D eigenvalue weighted by atomic mass is 10.1. The van der Waals surface area contributed by atoms with Gasteiger partial charge in [-0.25, -0.2) is 0 Å². The van der Waals surface area contributed by atoms with Gasteiger partial charge >= 0.3 is 0 Å². The monoisotopic (exact) mass is 267 g/mol. The van der Waals surface area contributed by atoms with E-state index in [4.69, 9.17) is 14.2 Å². The molecule has 4 nitrogen and oxygen atoms in total. The second-order valence-corrected chi connectivity index (χ2v) is 4.38. The summed E-state index contributed by atoms with van der Waals surface area (Å²) >= 11 is 0. The van der Waals surface area contributed by atoms with Gasteiger partial charge in [-0.15, -0.1) is 0 Å². The summed E-state index contributed by atoms with van der Waals surface area (Å²) in [6.07, 6.45) is 0. The van der Waals surface area contributed by atoms with Crippen LogP contribution in [-0.2, 0) is 20.8 Å². The standard InChI is InChI=1S/C15H25NO3/c1-14-3-5-15(6-4-14)13-16-7-8-18-11-12-19-10-9-17-2/h3-6,16H,7-13H2,1-2H3. The summed E-state index contributed by atoms with van der Waals surface area (Å²) in [4.78, 5) is 0. The summed E-state index contributed by atoms with van der Waals surface area (Å²) in [7, 11) is 1.67. The number of hydrogen-bond donors (Lipinski definition) is 1. The van der Waals surface area contributed by atoms with Gasteiger partial charge in [-0.05, 0) is 12.5 Å². The average molecular weight is 267 g/mol. The van der Waals surface area contributed by atoms with Crippen molar-refractivity contribution in [3.8, 4) is 0 Å². The Kier molecular flexibility index (Phi) is 9.27. The highest BCUT2D eigenvalue weighted by Gasteiger charge is 1.93. The number of benzene rings is 1. The molecule has 0 aliphatic rings. The van der Waals surface area contributed by atoms with Crippen molar-refractivity contribution in [1.82, 2.24) is 5.32 Å². The van der Waals surface area contributed by atoms with E-state index in [-0.39, 0.29) is 0 Å². The van der Waals surface area contributed by atoms with Crippen LogP contribution in [0.3, 0.4) is 0 Å². The van der Waals surface area contributed by atoms with E-state index in [2.05, 4.69) is 36.5 Å². The Labute approximate surface area is 116 Å². The molecule has 0 aliphatic heterocycles. The van der Waals surface area contributed by atoms with Crippen LogP contribution in [-0.4, -0.2) is 46.7 Å². The lowest BCUT2D eigenvalue weighted by molar-refractivity contribution is 0.0255. The van der Waals surface area contributed by atoms with Crippen molar-refractivity contribution >= 4 is 0 Å². The molecular formula is C15H25NO3. The van der Waals surface area contributed by atoms with Crippen LogP contribution in [0, 0.1) is 6.92 Å². The molecule has 0 radical (unpaired) electrons. The molecule has 0 aliphatic carbocycles. The summed E-state index contributed by atoms with van der Waals surface area (Å²) in [5, 5.41) is 3.35. The van der Waals surface area contributed by atoms with Crippen LogP contribution in [0.1, 0.15) is 11.1 Å². The molecule has 0 fully saturated rings. The van der Waals surface area contributed by atoms with Crippen molar-refractivity contribution in [2.45, 2.75) is 13.5 Å². The van der Waals surface area contributed by atoms with Gasteiger partial charge in [-0.3, -0.25) is 0 Å². The maximum atomic E-state index is 5.44. The molecule has 1 aromatic rings. The molecule has 4 heteroatoms. The highest BCUT2D eigenvalue weighted by Crippen LogP contribution is 2.01. The lowest BCUT2D eigenvalue weighted by Crippen LogP contribution is -2.20. The normalized spacial score (nSPS) is 10.8. The van der Waals surface area contributed by atoms with Crippen LogP contribution in [0.25, 0.3) is 0 Å². The topological polar surface area (TPSA) is 39.7 Å². The third-order valence-electron chi connectivity index (χ3n) is 2.68. The van der Waals surface area contributed by atoms with E-state index in [9.17, 15) is 0 Å². The van der Waals surface area contributed by atoms with Crippen molar-refractivity contribution < 1.29 is 14.2 Å². The minimum Gasteiger partial charge on any atom is -0.382 e. The number of methoxy groups -OCH3 is 1. The zero-order valence-corrected chi connectivity index (χ0v) is 12.0. The predicted octanol–water partition coefficient (Wildman–Crippen LogP) is 1.76. The van der Waals surface area contributed by atoms with Crippen LogP contribution in [0.15, 0.2) is 24.3 Å². The zero-order valence-electron chi connectivity index (χ0n) is 12.0. The van der Waals surface area contributed by atoms with Gasteiger partial charge in [0, 0.05) is 20.2 Å². The van der Waals surface area contributed by atoms with Crippen molar-refractivity contribution in [2.24, 2.45) is 0 Å². The van der Waals surface area contributed by atoms with E-state index in [0.29, 0.717) is 33.0 Å². The molecule has 1 N–H and O–H groups in total. The van der Waals surface area contributed by atoms with Crippen molar-refractivity contribution in [1.29, 1.82) is 0 Å². The zero-order chi connectivity index (χ0) is 13.8. The van der Waals surface area contributed by atoms with Gasteiger partial charge < -0.3 is 19.5 Å². The summed E-state index contributed by atoms with van der Waals surface area (Å²) < 4.78 is 15.6. The van der Waals surface area contributed by atoms with Gasteiger partial charge in [0.2, 0.25) is 0 Å². The Bertz CT molecular complexity index is 314. The summed E-state index contributed by atoms with van der Waals surface area (Å²) in [6.45, 7) is 7.07. The van der Waals surface area contributed by atoms with E-state index in [1.807, 2.05) is 0 Å². The third-order valence-corrected chi connectivity index (χ3v) is 2.68. The molecule has 0 unspecified atom stereocenters. The van der Waals surface area contributed by atoms with Gasteiger partial charge in [-0.2, -0.15) is 0 Å². The van der Waals surface area contributed by atoms with E-state index in [1.54, 1.807) is 7.11 Å². The molecule has 108 valence electrons. The first-order valence-electron chi connectivity index (χ1n) is 6.73. The summed E-state index contributed by atoms with van der Waals surface area (Å²) in [6, 6.07) is 8.55. The molecule has 0 bridgehead atoms. The minimum atomic E-state index is 0.626. The molecule has 0 saturated carbocycles. The van der Waals surface area contributed by atoms with Crippen LogP contribution in [0.2, 0.25) is 0 Å². The number of nitrogens with one attached hydrogen (secondary N) is 1. The number of hydrogen-bond acceptors (Lipinski definition) is 4. The van der Waals surface area contributed by atoms with Crippen LogP contribution in [0.5, 0.6) is 0 Å². The SMILES string of the molecule is COCCOCCOCCNCc1ccc(C)cc1. The van der Waals surface area contributed by atoms with Gasteiger partial charge in [0.15, 0.2) is 0 Å². The fourth-order valence-corrected chi connectivity index (χ4v) is 1.55. The van der Waals surface area contributed by atoms with E-state index in [1.165, 1.54) is 11.1 Å². The maximum absolute atomic E-state index is 5.44. The van der Waals surface area contributed by atoms with Crippen LogP contribution < -0.4 is 5.32 Å².